The van der Waals surface area contributed by atoms with Crippen molar-refractivity contribution < 1.29 is 15.0 Å². The van der Waals surface area contributed by atoms with Crippen LogP contribution in [0, 0.1) is 0 Å². The fraction of sp³-hybridized carbons (Fsp3) is 0.0909. The van der Waals surface area contributed by atoms with Gasteiger partial charge in [-0.05, 0) is 41.5 Å². The van der Waals surface area contributed by atoms with Crippen LogP contribution in [0.1, 0.15) is 27.2 Å². The summed E-state index contributed by atoms with van der Waals surface area (Å²) < 4.78 is 1.94. The van der Waals surface area contributed by atoms with E-state index in [-0.39, 0.29) is 19.0 Å². The van der Waals surface area contributed by atoms with E-state index in [4.69, 9.17) is 11.6 Å². The van der Waals surface area contributed by atoms with Crippen molar-refractivity contribution in [3.63, 3.8) is 0 Å². The lowest BCUT2D eigenvalue weighted by atomic mass is 10.0. The highest BCUT2D eigenvalue weighted by molar-refractivity contribution is 7.15. The highest BCUT2D eigenvalue weighted by Crippen LogP contribution is 2.28. The van der Waals surface area contributed by atoms with Gasteiger partial charge in [0.05, 0.1) is 24.6 Å². The van der Waals surface area contributed by atoms with Gasteiger partial charge in [0.2, 0.25) is 0 Å². The van der Waals surface area contributed by atoms with E-state index in [9.17, 15) is 15.0 Å². The molecule has 0 saturated heterocycles. The first kappa shape index (κ1) is 19.5. The van der Waals surface area contributed by atoms with Gasteiger partial charge in [-0.25, -0.2) is 4.98 Å². The zero-order valence-corrected chi connectivity index (χ0v) is 16.8. The quantitative estimate of drug-likeness (QED) is 0.350. The van der Waals surface area contributed by atoms with Gasteiger partial charge in [0.15, 0.2) is 10.7 Å². The van der Waals surface area contributed by atoms with Crippen molar-refractivity contribution in [1.82, 2.24) is 9.38 Å². The van der Waals surface area contributed by atoms with Gasteiger partial charge in [-0.1, -0.05) is 35.9 Å². The monoisotopic (exact) mass is 424 g/mol. The van der Waals surface area contributed by atoms with Crippen molar-refractivity contribution in [2.24, 2.45) is 0 Å². The predicted molar refractivity (Wildman–Crippen MR) is 115 cm³/mol. The Morgan fingerprint density at radius 3 is 2.59 bits per heavy atom. The van der Waals surface area contributed by atoms with Crippen LogP contribution >= 0.6 is 22.9 Å². The number of hydrogen-bond donors (Lipinski definition) is 2. The van der Waals surface area contributed by atoms with Crippen LogP contribution in [0.15, 0.2) is 60.1 Å². The molecule has 2 heterocycles. The Hall–Kier alpha value is -2.77. The van der Waals surface area contributed by atoms with Crippen molar-refractivity contribution in [3.05, 3.63) is 87.5 Å². The summed E-state index contributed by atoms with van der Waals surface area (Å²) in [6.45, 7) is -0.420. The van der Waals surface area contributed by atoms with Crippen LogP contribution in [-0.4, -0.2) is 25.4 Å². The first-order chi connectivity index (χ1) is 14.1. The van der Waals surface area contributed by atoms with E-state index in [1.54, 1.807) is 24.3 Å². The first-order valence-electron chi connectivity index (χ1n) is 8.88. The van der Waals surface area contributed by atoms with Gasteiger partial charge in [-0.2, -0.15) is 0 Å². The highest BCUT2D eigenvalue weighted by atomic mass is 35.5. The summed E-state index contributed by atoms with van der Waals surface area (Å²) in [5.41, 5.74) is 4.07. The summed E-state index contributed by atoms with van der Waals surface area (Å²) in [5, 5.41) is 21.4. The van der Waals surface area contributed by atoms with Crippen molar-refractivity contribution >= 4 is 39.8 Å². The molecule has 4 rings (SSSR count). The molecule has 0 bridgehead atoms. The summed E-state index contributed by atoms with van der Waals surface area (Å²) in [4.78, 5) is 18.2. The van der Waals surface area contributed by atoms with Gasteiger partial charge in [0, 0.05) is 27.7 Å². The van der Waals surface area contributed by atoms with E-state index >= 15 is 0 Å². The van der Waals surface area contributed by atoms with Gasteiger partial charge in [-0.3, -0.25) is 9.20 Å². The molecule has 7 heteroatoms. The molecular weight excluding hydrogens is 408 g/mol. The van der Waals surface area contributed by atoms with E-state index in [1.807, 2.05) is 40.2 Å². The number of carbonyl (C=O) groups excluding carboxylic acids is 1. The number of benzene rings is 2. The molecule has 0 atom stereocenters. The molecule has 0 fully saturated rings. The van der Waals surface area contributed by atoms with Crippen LogP contribution in [0.3, 0.4) is 0 Å². The van der Waals surface area contributed by atoms with Crippen LogP contribution in [-0.2, 0) is 13.2 Å². The molecular formula is C22H17ClN2O3S. The molecule has 5 nitrogen and oxygen atoms in total. The van der Waals surface area contributed by atoms with E-state index < -0.39 is 0 Å². The van der Waals surface area contributed by atoms with Gasteiger partial charge in [0.25, 0.3) is 0 Å². The number of fused-ring (bicyclic) bond motifs is 1. The van der Waals surface area contributed by atoms with Crippen molar-refractivity contribution in [3.8, 4) is 11.3 Å². The minimum atomic E-state index is -0.237. The minimum Gasteiger partial charge on any atom is -0.392 e. The molecule has 146 valence electrons. The average molecular weight is 425 g/mol. The fourth-order valence-corrected chi connectivity index (χ4v) is 3.96. The summed E-state index contributed by atoms with van der Waals surface area (Å²) >= 11 is 7.51. The second-order valence-electron chi connectivity index (χ2n) is 6.41. The number of aliphatic hydroxyl groups is 2. The SMILES string of the molecule is O=C(C=Cc1c(-c2ccc(Cl)cc2)nc2sccn12)c1ccc(CO)c(CO)c1. The Balaban J connectivity index is 1.71. The molecule has 4 aromatic rings. The van der Waals surface area contributed by atoms with Gasteiger partial charge < -0.3 is 10.2 Å². The van der Waals surface area contributed by atoms with Crippen LogP contribution in [0.25, 0.3) is 22.3 Å². The second-order valence-corrected chi connectivity index (χ2v) is 7.71. The number of carbonyl (C=O) groups is 1. The largest absolute Gasteiger partial charge is 0.392 e. The lowest BCUT2D eigenvalue weighted by molar-refractivity contribution is 0.104. The number of halogens is 1. The zero-order valence-electron chi connectivity index (χ0n) is 15.2. The number of imidazole rings is 1. The predicted octanol–water partition coefficient (Wildman–Crippen LogP) is 4.60. The summed E-state index contributed by atoms with van der Waals surface area (Å²) in [6, 6.07) is 12.3. The molecule has 2 N–H and O–H groups in total. The maximum Gasteiger partial charge on any atom is 0.194 e. The Bertz CT molecular complexity index is 1210. The normalized spacial score (nSPS) is 11.6. The standard InChI is InChI=1S/C22H17ClN2O3S/c23-18-5-3-14(4-6-18)21-19(25-9-10-29-22(25)24-21)7-8-20(28)15-1-2-16(12-26)17(11-15)13-27/h1-11,26-27H,12-13H2. The fourth-order valence-electron chi connectivity index (χ4n) is 3.11. The molecule has 0 aliphatic heterocycles. The van der Waals surface area contributed by atoms with E-state index in [2.05, 4.69) is 4.98 Å². The van der Waals surface area contributed by atoms with E-state index in [1.165, 1.54) is 17.4 Å². The Labute approximate surface area is 176 Å². The Kier molecular flexibility index (Phi) is 5.60. The molecule has 2 aromatic carbocycles. The summed E-state index contributed by atoms with van der Waals surface area (Å²) in [6.07, 6.45) is 5.16. The number of thiazole rings is 1. The molecule has 29 heavy (non-hydrogen) atoms. The second kappa shape index (κ2) is 8.31. The maximum absolute atomic E-state index is 12.7. The van der Waals surface area contributed by atoms with Crippen molar-refractivity contribution in [2.75, 3.05) is 0 Å². The van der Waals surface area contributed by atoms with Gasteiger partial charge >= 0.3 is 0 Å². The van der Waals surface area contributed by atoms with Crippen LogP contribution < -0.4 is 0 Å². The number of hydrogen-bond acceptors (Lipinski definition) is 5. The number of nitrogens with zero attached hydrogens (tertiary/aromatic N) is 2. The summed E-state index contributed by atoms with van der Waals surface area (Å²) in [5.74, 6) is -0.198. The van der Waals surface area contributed by atoms with Crippen molar-refractivity contribution in [1.29, 1.82) is 0 Å². The molecule has 2 aromatic heterocycles. The van der Waals surface area contributed by atoms with E-state index in [0.29, 0.717) is 21.7 Å². The molecule has 0 saturated carbocycles. The third-order valence-corrected chi connectivity index (χ3v) is 5.65. The Morgan fingerprint density at radius 2 is 1.86 bits per heavy atom. The van der Waals surface area contributed by atoms with Crippen LogP contribution in [0.5, 0.6) is 0 Å². The molecule has 0 radical (unpaired) electrons. The molecule has 0 amide bonds. The number of aliphatic hydroxyl groups excluding tert-OH is 2. The Morgan fingerprint density at radius 1 is 1.10 bits per heavy atom. The molecule has 0 unspecified atom stereocenters. The van der Waals surface area contributed by atoms with Crippen LogP contribution in [0.2, 0.25) is 5.02 Å². The molecule has 0 aliphatic rings. The van der Waals surface area contributed by atoms with Crippen molar-refractivity contribution in [2.45, 2.75) is 13.2 Å². The van der Waals surface area contributed by atoms with Gasteiger partial charge in [0.1, 0.15) is 0 Å². The zero-order chi connectivity index (χ0) is 20.4. The smallest absolute Gasteiger partial charge is 0.194 e. The highest BCUT2D eigenvalue weighted by Gasteiger charge is 2.14. The summed E-state index contributed by atoms with van der Waals surface area (Å²) in [7, 11) is 0. The topological polar surface area (TPSA) is 74.8 Å². The average Bonchev–Trinajstić information content (AvgIpc) is 3.33. The number of rotatable bonds is 6. The number of ketones is 1. The van der Waals surface area contributed by atoms with Crippen LogP contribution in [0.4, 0.5) is 0 Å². The third-order valence-electron chi connectivity index (χ3n) is 4.64. The third kappa shape index (κ3) is 3.88. The first-order valence-corrected chi connectivity index (χ1v) is 10.1. The number of allylic oxidation sites excluding steroid dienone is 1. The maximum atomic E-state index is 12.7. The molecule has 0 aliphatic carbocycles. The lowest BCUT2D eigenvalue weighted by Gasteiger charge is -2.06. The van der Waals surface area contributed by atoms with E-state index in [0.717, 1.165) is 21.9 Å². The molecule has 0 spiro atoms. The number of aromatic nitrogens is 2. The minimum absolute atomic E-state index is 0.184. The lowest BCUT2D eigenvalue weighted by Crippen LogP contribution is -2.00. The van der Waals surface area contributed by atoms with Gasteiger partial charge in [-0.15, -0.1) is 11.3 Å².